The van der Waals surface area contributed by atoms with Gasteiger partial charge in [0, 0.05) is 22.7 Å². The number of nitrogens with two attached hydrogens (primary N) is 1. The summed E-state index contributed by atoms with van der Waals surface area (Å²) < 4.78 is 0.877. The molecule has 3 N–H and O–H groups in total. The number of rotatable bonds is 5. The van der Waals surface area contributed by atoms with Gasteiger partial charge < -0.3 is 10.6 Å². The number of hydrogen-bond acceptors (Lipinski definition) is 2. The Morgan fingerprint density at radius 3 is 2.39 bits per heavy atom. The van der Waals surface area contributed by atoms with Gasteiger partial charge in [-0.15, -0.1) is 0 Å². The van der Waals surface area contributed by atoms with Gasteiger partial charge in [-0.3, -0.25) is 5.41 Å². The molecule has 18 heavy (non-hydrogen) atoms. The number of amidine groups is 1. The number of anilines is 1. The van der Waals surface area contributed by atoms with E-state index in [1.165, 1.54) is 0 Å². The van der Waals surface area contributed by atoms with Gasteiger partial charge in [0.05, 0.1) is 5.56 Å². The minimum atomic E-state index is 0.104. The summed E-state index contributed by atoms with van der Waals surface area (Å²) in [6.07, 6.45) is 0. The van der Waals surface area contributed by atoms with E-state index in [4.69, 9.17) is 11.1 Å². The first-order valence-electron chi connectivity index (χ1n) is 6.24. The molecule has 1 aromatic carbocycles. The van der Waals surface area contributed by atoms with Gasteiger partial charge in [0.15, 0.2) is 0 Å². The summed E-state index contributed by atoms with van der Waals surface area (Å²) in [7, 11) is 0. The van der Waals surface area contributed by atoms with Gasteiger partial charge in [0.25, 0.3) is 0 Å². The van der Waals surface area contributed by atoms with Gasteiger partial charge >= 0.3 is 0 Å². The molecule has 100 valence electrons. The fourth-order valence-electron chi connectivity index (χ4n) is 2.00. The Kier molecular flexibility index (Phi) is 5.20. The molecule has 3 nitrogen and oxygen atoms in total. The van der Waals surface area contributed by atoms with Gasteiger partial charge in [-0.2, -0.15) is 0 Å². The van der Waals surface area contributed by atoms with Crippen LogP contribution in [0, 0.1) is 11.3 Å². The molecular weight excluding hydrogens is 290 g/mol. The summed E-state index contributed by atoms with van der Waals surface area (Å²) in [4.78, 5) is 2.30. The lowest BCUT2D eigenvalue weighted by atomic mass is 10.1. The van der Waals surface area contributed by atoms with Crippen molar-refractivity contribution in [3.63, 3.8) is 0 Å². The molecule has 0 saturated heterocycles. The molecule has 0 saturated carbocycles. The lowest BCUT2D eigenvalue weighted by Crippen LogP contribution is -2.35. The van der Waals surface area contributed by atoms with Crippen molar-refractivity contribution < 1.29 is 0 Å². The molecule has 0 radical (unpaired) electrons. The van der Waals surface area contributed by atoms with Crippen LogP contribution < -0.4 is 10.6 Å². The summed E-state index contributed by atoms with van der Waals surface area (Å²) in [6, 6.07) is 6.32. The van der Waals surface area contributed by atoms with Crippen molar-refractivity contribution in [1.82, 2.24) is 0 Å². The van der Waals surface area contributed by atoms with E-state index in [1.54, 1.807) is 0 Å². The predicted molar refractivity (Wildman–Crippen MR) is 82.5 cm³/mol. The molecule has 0 fully saturated rings. The number of nitrogens with one attached hydrogen (secondary N) is 1. The maximum atomic E-state index is 7.75. The first kappa shape index (κ1) is 15.0. The fourth-order valence-corrected chi connectivity index (χ4v) is 2.57. The minimum Gasteiger partial charge on any atom is -0.384 e. The molecule has 0 amide bonds. The van der Waals surface area contributed by atoms with Crippen LogP contribution in [0.1, 0.15) is 33.3 Å². The smallest absolute Gasteiger partial charge is 0.126 e. The van der Waals surface area contributed by atoms with Gasteiger partial charge in [0.2, 0.25) is 0 Å². The summed E-state index contributed by atoms with van der Waals surface area (Å²) >= 11 is 3.48. The third kappa shape index (κ3) is 3.48. The van der Waals surface area contributed by atoms with Crippen LogP contribution in [0.15, 0.2) is 22.7 Å². The van der Waals surface area contributed by atoms with Crippen LogP contribution in [0.5, 0.6) is 0 Å². The Bertz CT molecular complexity index is 427. The predicted octanol–water partition coefficient (Wildman–Crippen LogP) is 3.60. The highest BCUT2D eigenvalue weighted by molar-refractivity contribution is 9.10. The van der Waals surface area contributed by atoms with E-state index in [0.717, 1.165) is 22.3 Å². The first-order valence-corrected chi connectivity index (χ1v) is 7.03. The average Bonchev–Trinajstić information content (AvgIpc) is 2.24. The molecule has 0 unspecified atom stereocenters. The molecule has 0 spiro atoms. The van der Waals surface area contributed by atoms with Crippen LogP contribution >= 0.6 is 15.9 Å². The van der Waals surface area contributed by atoms with Crippen LogP contribution in [-0.4, -0.2) is 18.4 Å². The van der Waals surface area contributed by atoms with E-state index in [1.807, 2.05) is 18.2 Å². The van der Waals surface area contributed by atoms with Crippen LogP contribution in [0.25, 0.3) is 0 Å². The third-order valence-corrected chi connectivity index (χ3v) is 3.42. The van der Waals surface area contributed by atoms with Crippen LogP contribution in [0.2, 0.25) is 0 Å². The van der Waals surface area contributed by atoms with E-state index in [2.05, 4.69) is 48.5 Å². The Labute approximate surface area is 118 Å². The standard InChI is InChI=1S/C14H22BrN3/c1-9(2)8-18(10(3)4)12-7-5-6-11(15)13(12)14(16)17/h5-7,9-10H,8H2,1-4H3,(H3,16,17). The monoisotopic (exact) mass is 311 g/mol. The molecule has 0 atom stereocenters. The fraction of sp³-hybridized carbons (Fsp3) is 0.500. The number of nitrogen functional groups attached to an aromatic ring is 1. The number of halogens is 1. The van der Waals surface area contributed by atoms with Gasteiger partial charge in [-0.1, -0.05) is 19.9 Å². The molecule has 0 aliphatic heterocycles. The summed E-state index contributed by atoms with van der Waals surface area (Å²) in [5.41, 5.74) is 7.52. The highest BCUT2D eigenvalue weighted by atomic mass is 79.9. The van der Waals surface area contributed by atoms with E-state index < -0.39 is 0 Å². The van der Waals surface area contributed by atoms with Crippen molar-refractivity contribution in [1.29, 1.82) is 5.41 Å². The molecule has 0 aromatic heterocycles. The zero-order chi connectivity index (χ0) is 13.9. The zero-order valence-electron chi connectivity index (χ0n) is 11.5. The molecule has 0 aliphatic carbocycles. The lowest BCUT2D eigenvalue weighted by molar-refractivity contribution is 0.570. The van der Waals surface area contributed by atoms with Crippen molar-refractivity contribution in [2.24, 2.45) is 11.7 Å². The van der Waals surface area contributed by atoms with Crippen molar-refractivity contribution in [2.75, 3.05) is 11.4 Å². The minimum absolute atomic E-state index is 0.104. The first-order chi connectivity index (χ1) is 8.34. The summed E-state index contributed by atoms with van der Waals surface area (Å²) in [5.74, 6) is 0.665. The Hall–Kier alpha value is -1.03. The SMILES string of the molecule is CC(C)CN(c1cccc(Br)c1C(=N)N)C(C)C. The molecule has 4 heteroatoms. The molecule has 1 rings (SSSR count). The van der Waals surface area contributed by atoms with E-state index in [0.29, 0.717) is 12.0 Å². The van der Waals surface area contributed by atoms with Crippen molar-refractivity contribution in [3.8, 4) is 0 Å². The average molecular weight is 312 g/mol. The quantitative estimate of drug-likeness (QED) is 0.645. The second kappa shape index (κ2) is 6.23. The third-order valence-electron chi connectivity index (χ3n) is 2.76. The van der Waals surface area contributed by atoms with Crippen LogP contribution in [0.3, 0.4) is 0 Å². The number of nitrogens with zero attached hydrogens (tertiary/aromatic N) is 1. The van der Waals surface area contributed by atoms with E-state index in [9.17, 15) is 0 Å². The Balaban J connectivity index is 3.27. The van der Waals surface area contributed by atoms with Gasteiger partial charge in [-0.25, -0.2) is 0 Å². The maximum absolute atomic E-state index is 7.75. The molecule has 0 bridgehead atoms. The zero-order valence-corrected chi connectivity index (χ0v) is 13.1. The van der Waals surface area contributed by atoms with E-state index in [-0.39, 0.29) is 5.84 Å². The topological polar surface area (TPSA) is 53.1 Å². The molecule has 0 aliphatic rings. The highest BCUT2D eigenvalue weighted by Crippen LogP contribution is 2.29. The van der Waals surface area contributed by atoms with Crippen LogP contribution in [-0.2, 0) is 0 Å². The second-order valence-corrected chi connectivity index (χ2v) is 6.04. The van der Waals surface area contributed by atoms with E-state index >= 15 is 0 Å². The normalized spacial score (nSPS) is 11.1. The Morgan fingerprint density at radius 2 is 1.94 bits per heavy atom. The summed E-state index contributed by atoms with van der Waals surface area (Å²) in [6.45, 7) is 9.66. The lowest BCUT2D eigenvalue weighted by Gasteiger charge is -2.32. The maximum Gasteiger partial charge on any atom is 0.126 e. The van der Waals surface area contributed by atoms with Crippen molar-refractivity contribution >= 4 is 27.5 Å². The van der Waals surface area contributed by atoms with Crippen molar-refractivity contribution in [2.45, 2.75) is 33.7 Å². The molecular formula is C14H22BrN3. The number of hydrogen-bond donors (Lipinski definition) is 2. The van der Waals surface area contributed by atoms with Crippen molar-refractivity contribution in [3.05, 3.63) is 28.2 Å². The van der Waals surface area contributed by atoms with Gasteiger partial charge in [0.1, 0.15) is 5.84 Å². The number of benzene rings is 1. The highest BCUT2D eigenvalue weighted by Gasteiger charge is 2.18. The van der Waals surface area contributed by atoms with Gasteiger partial charge in [-0.05, 0) is 47.8 Å². The summed E-state index contributed by atoms with van der Waals surface area (Å²) in [5, 5.41) is 7.75. The second-order valence-electron chi connectivity index (χ2n) is 5.19. The largest absolute Gasteiger partial charge is 0.384 e. The Morgan fingerprint density at radius 1 is 1.33 bits per heavy atom. The molecule has 1 aromatic rings. The van der Waals surface area contributed by atoms with Crippen LogP contribution in [0.4, 0.5) is 5.69 Å². The molecule has 0 heterocycles.